The van der Waals surface area contributed by atoms with E-state index in [1.807, 2.05) is 29.2 Å². The number of likely N-dealkylation sites (tertiary alicyclic amines) is 1. The minimum atomic E-state index is -0.546. The van der Waals surface area contributed by atoms with E-state index in [1.54, 1.807) is 7.11 Å². The molecule has 0 radical (unpaired) electrons. The Labute approximate surface area is 172 Å². The van der Waals surface area contributed by atoms with Crippen molar-refractivity contribution in [3.05, 3.63) is 29.8 Å². The molecule has 4 rings (SSSR count). The van der Waals surface area contributed by atoms with Crippen molar-refractivity contribution in [2.75, 3.05) is 33.4 Å². The van der Waals surface area contributed by atoms with Gasteiger partial charge in [0, 0.05) is 38.3 Å². The third-order valence-corrected chi connectivity index (χ3v) is 6.72. The Bertz CT molecular complexity index is 732. The molecule has 3 aliphatic rings. The molecular weight excluding hydrogens is 368 g/mol. The molecule has 1 N–H and O–H groups in total. The van der Waals surface area contributed by atoms with Crippen LogP contribution in [0.1, 0.15) is 44.1 Å². The number of hydrogen-bond donors (Lipinski definition) is 1. The fraction of sp³-hybridized carbons (Fsp3) is 0.652. The first kappa shape index (κ1) is 20.2. The van der Waals surface area contributed by atoms with Crippen LogP contribution in [-0.4, -0.2) is 56.2 Å². The highest BCUT2D eigenvalue weighted by molar-refractivity contribution is 5.89. The summed E-state index contributed by atoms with van der Waals surface area (Å²) in [5, 5.41) is 3.28. The molecule has 0 atom stereocenters. The first-order valence-corrected chi connectivity index (χ1v) is 10.9. The molecule has 6 nitrogen and oxygen atoms in total. The fourth-order valence-corrected chi connectivity index (χ4v) is 4.96. The highest BCUT2D eigenvalue weighted by atomic mass is 16.5. The zero-order valence-electron chi connectivity index (χ0n) is 17.3. The Hall–Kier alpha value is -2.08. The average Bonchev–Trinajstić information content (AvgIpc) is 3.23. The number of nitrogens with zero attached hydrogens (tertiary/aromatic N) is 1. The zero-order valence-corrected chi connectivity index (χ0v) is 17.3. The van der Waals surface area contributed by atoms with Crippen molar-refractivity contribution in [1.82, 2.24) is 10.2 Å². The third kappa shape index (κ3) is 4.42. The lowest BCUT2D eigenvalue weighted by atomic mass is 9.73. The molecule has 1 aromatic rings. The topological polar surface area (TPSA) is 67.9 Å². The Balaban J connectivity index is 1.47. The van der Waals surface area contributed by atoms with Gasteiger partial charge in [0.25, 0.3) is 0 Å². The first-order valence-electron chi connectivity index (χ1n) is 10.9. The van der Waals surface area contributed by atoms with Gasteiger partial charge in [-0.15, -0.1) is 0 Å². The summed E-state index contributed by atoms with van der Waals surface area (Å²) in [5.41, 5.74) is 0.527. The van der Waals surface area contributed by atoms with E-state index >= 15 is 0 Å². The molecule has 1 saturated carbocycles. The molecule has 6 heteroatoms. The number of carbonyl (C=O) groups is 2. The molecule has 2 amide bonds. The van der Waals surface area contributed by atoms with Crippen molar-refractivity contribution >= 4 is 11.8 Å². The summed E-state index contributed by atoms with van der Waals surface area (Å²) in [7, 11) is 1.65. The predicted molar refractivity (Wildman–Crippen MR) is 110 cm³/mol. The highest BCUT2D eigenvalue weighted by Crippen LogP contribution is 2.37. The lowest BCUT2D eigenvalue weighted by molar-refractivity contribution is -0.158. The second kappa shape index (κ2) is 8.74. The number of benzene rings is 1. The maximum Gasteiger partial charge on any atom is 0.230 e. The van der Waals surface area contributed by atoms with Crippen LogP contribution < -0.4 is 10.1 Å². The van der Waals surface area contributed by atoms with Gasteiger partial charge in [-0.1, -0.05) is 25.0 Å². The maximum atomic E-state index is 13.3. The number of nitrogens with one attached hydrogen (secondary N) is 1. The Morgan fingerprint density at radius 1 is 1.17 bits per heavy atom. The van der Waals surface area contributed by atoms with Crippen LogP contribution in [0.5, 0.6) is 5.75 Å². The monoisotopic (exact) mass is 400 g/mol. The Morgan fingerprint density at radius 2 is 1.90 bits per heavy atom. The average molecular weight is 401 g/mol. The van der Waals surface area contributed by atoms with E-state index in [0.717, 1.165) is 37.0 Å². The Morgan fingerprint density at radius 3 is 2.59 bits per heavy atom. The summed E-state index contributed by atoms with van der Waals surface area (Å²) in [6.45, 7) is 2.31. The summed E-state index contributed by atoms with van der Waals surface area (Å²) in [4.78, 5) is 28.1. The predicted octanol–water partition coefficient (Wildman–Crippen LogP) is 2.55. The molecule has 1 aliphatic carbocycles. The normalized spacial score (nSPS) is 22.2. The van der Waals surface area contributed by atoms with E-state index in [1.165, 1.54) is 12.8 Å². The fourth-order valence-electron chi connectivity index (χ4n) is 4.96. The van der Waals surface area contributed by atoms with E-state index < -0.39 is 5.41 Å². The zero-order chi connectivity index (χ0) is 20.3. The van der Waals surface area contributed by atoms with Crippen LogP contribution in [0.25, 0.3) is 0 Å². The summed E-state index contributed by atoms with van der Waals surface area (Å²) < 4.78 is 10.7. The van der Waals surface area contributed by atoms with Gasteiger partial charge in [0.05, 0.1) is 12.5 Å². The number of rotatable bonds is 6. The van der Waals surface area contributed by atoms with Gasteiger partial charge in [0.2, 0.25) is 11.8 Å². The van der Waals surface area contributed by atoms with Gasteiger partial charge in [-0.3, -0.25) is 9.59 Å². The molecule has 29 heavy (non-hydrogen) atoms. The maximum absolute atomic E-state index is 13.3. The van der Waals surface area contributed by atoms with Crippen LogP contribution in [-0.2, 0) is 20.7 Å². The Kier molecular flexibility index (Phi) is 6.09. The molecule has 3 fully saturated rings. The van der Waals surface area contributed by atoms with Gasteiger partial charge in [0.1, 0.15) is 5.75 Å². The summed E-state index contributed by atoms with van der Waals surface area (Å²) in [6, 6.07) is 8.19. The minimum Gasteiger partial charge on any atom is -0.497 e. The van der Waals surface area contributed by atoms with Crippen LogP contribution in [0.4, 0.5) is 0 Å². The van der Waals surface area contributed by atoms with Crippen molar-refractivity contribution in [3.8, 4) is 5.75 Å². The molecule has 0 bridgehead atoms. The van der Waals surface area contributed by atoms with E-state index in [4.69, 9.17) is 9.47 Å². The number of methoxy groups -OCH3 is 1. The van der Waals surface area contributed by atoms with Gasteiger partial charge in [-0.05, 0) is 49.8 Å². The lowest BCUT2D eigenvalue weighted by Gasteiger charge is -2.50. The summed E-state index contributed by atoms with van der Waals surface area (Å²) >= 11 is 0. The third-order valence-electron chi connectivity index (χ3n) is 6.72. The SMILES string of the molecule is COc1cccc(CC2(C(=O)NC3CCCC3)CN(C(=O)C3CCOCC3)C2)c1. The molecule has 2 heterocycles. The molecule has 2 saturated heterocycles. The molecular formula is C23H32N2O4. The molecule has 0 aromatic heterocycles. The second-order valence-corrected chi connectivity index (χ2v) is 8.84. The van der Waals surface area contributed by atoms with Gasteiger partial charge < -0.3 is 19.7 Å². The van der Waals surface area contributed by atoms with Gasteiger partial charge in [-0.25, -0.2) is 0 Å². The van der Waals surface area contributed by atoms with E-state index in [0.29, 0.717) is 32.7 Å². The highest BCUT2D eigenvalue weighted by Gasteiger charge is 2.52. The van der Waals surface area contributed by atoms with E-state index in [9.17, 15) is 9.59 Å². The lowest BCUT2D eigenvalue weighted by Crippen LogP contribution is -2.67. The van der Waals surface area contributed by atoms with Crippen LogP contribution in [0.3, 0.4) is 0 Å². The van der Waals surface area contributed by atoms with Crippen LogP contribution in [0.15, 0.2) is 24.3 Å². The molecule has 158 valence electrons. The summed E-state index contributed by atoms with van der Waals surface area (Å²) in [5.74, 6) is 1.12. The standard InChI is InChI=1S/C23H32N2O4/c1-28-20-8-4-5-17(13-20)14-23(22(27)24-19-6-2-3-7-19)15-25(16-23)21(26)18-9-11-29-12-10-18/h4-5,8,13,18-19H,2-3,6-7,9-12,14-16H2,1H3,(H,24,27). The van der Waals surface area contributed by atoms with Crippen LogP contribution >= 0.6 is 0 Å². The van der Waals surface area contributed by atoms with Crippen molar-refractivity contribution in [1.29, 1.82) is 0 Å². The van der Waals surface area contributed by atoms with Crippen molar-refractivity contribution < 1.29 is 19.1 Å². The summed E-state index contributed by atoms with van der Waals surface area (Å²) in [6.07, 6.45) is 6.68. The molecule has 0 spiro atoms. The quantitative estimate of drug-likeness (QED) is 0.797. The van der Waals surface area contributed by atoms with Crippen molar-refractivity contribution in [2.45, 2.75) is 51.0 Å². The number of hydrogen-bond acceptors (Lipinski definition) is 4. The van der Waals surface area contributed by atoms with Crippen LogP contribution in [0.2, 0.25) is 0 Å². The number of ether oxygens (including phenoxy) is 2. The van der Waals surface area contributed by atoms with E-state index in [-0.39, 0.29) is 23.8 Å². The van der Waals surface area contributed by atoms with Crippen molar-refractivity contribution in [3.63, 3.8) is 0 Å². The second-order valence-electron chi connectivity index (χ2n) is 8.84. The van der Waals surface area contributed by atoms with Gasteiger partial charge in [-0.2, -0.15) is 0 Å². The first-order chi connectivity index (χ1) is 14.1. The molecule has 0 unspecified atom stereocenters. The molecule has 2 aliphatic heterocycles. The molecule has 1 aromatic carbocycles. The van der Waals surface area contributed by atoms with Crippen molar-refractivity contribution in [2.24, 2.45) is 11.3 Å². The van der Waals surface area contributed by atoms with Gasteiger partial charge >= 0.3 is 0 Å². The van der Waals surface area contributed by atoms with Crippen LogP contribution in [0, 0.1) is 11.3 Å². The largest absolute Gasteiger partial charge is 0.497 e. The smallest absolute Gasteiger partial charge is 0.230 e. The number of carbonyl (C=O) groups excluding carboxylic acids is 2. The van der Waals surface area contributed by atoms with E-state index in [2.05, 4.69) is 5.32 Å². The minimum absolute atomic E-state index is 0.0384. The van der Waals surface area contributed by atoms with Gasteiger partial charge in [0.15, 0.2) is 0 Å². The number of amides is 2.